The quantitative estimate of drug-likeness (QED) is 0.601. The first-order valence-electron chi connectivity index (χ1n) is 7.86. The maximum absolute atomic E-state index is 11.2. The Labute approximate surface area is 143 Å². The van der Waals surface area contributed by atoms with E-state index in [9.17, 15) is 4.79 Å². The Balaban J connectivity index is 1.69. The molecule has 6 heteroatoms. The number of fused-ring (bicyclic) bond motifs is 1. The lowest BCUT2D eigenvalue weighted by molar-refractivity contribution is 0.995. The van der Waals surface area contributed by atoms with Crippen molar-refractivity contribution >= 4 is 22.5 Å². The number of rotatable bonds is 3. The topological polar surface area (TPSA) is 83.6 Å². The second-order valence-corrected chi connectivity index (χ2v) is 5.66. The third-order valence-electron chi connectivity index (χ3n) is 3.85. The number of hydrogen-bond acceptors (Lipinski definition) is 5. The van der Waals surface area contributed by atoms with Crippen molar-refractivity contribution in [3.8, 4) is 11.3 Å². The molecule has 0 atom stereocenters. The molecule has 0 amide bonds. The van der Waals surface area contributed by atoms with E-state index < -0.39 is 0 Å². The molecule has 0 radical (unpaired) electrons. The van der Waals surface area contributed by atoms with Gasteiger partial charge in [-0.2, -0.15) is 5.10 Å². The summed E-state index contributed by atoms with van der Waals surface area (Å²) in [6, 6.07) is 18.7. The molecule has 2 aromatic carbocycles. The Hall–Kier alpha value is -3.54. The van der Waals surface area contributed by atoms with Crippen LogP contribution in [0.3, 0.4) is 0 Å². The monoisotopic (exact) mass is 329 g/mol. The standard InChI is InChI=1S/C19H15N5O/c1-12-19(22-17-8-3-2-7-16(17)20-12)21-14-6-4-5-13(11-14)15-9-10-18(25)24-23-15/h2-11H,1H3,(H,21,22)(H,24,25). The summed E-state index contributed by atoms with van der Waals surface area (Å²) >= 11 is 0. The third kappa shape index (κ3) is 3.10. The largest absolute Gasteiger partial charge is 0.339 e. The lowest BCUT2D eigenvalue weighted by Gasteiger charge is -2.10. The number of aromatic amines is 1. The molecule has 25 heavy (non-hydrogen) atoms. The van der Waals surface area contributed by atoms with Crippen molar-refractivity contribution in [3.05, 3.63) is 76.7 Å². The van der Waals surface area contributed by atoms with Crippen LogP contribution in [-0.4, -0.2) is 20.2 Å². The highest BCUT2D eigenvalue weighted by molar-refractivity contribution is 5.77. The molecule has 0 aliphatic carbocycles. The molecular formula is C19H15N5O. The Kier molecular flexibility index (Phi) is 3.70. The zero-order chi connectivity index (χ0) is 17.2. The van der Waals surface area contributed by atoms with E-state index in [0.717, 1.165) is 28.0 Å². The van der Waals surface area contributed by atoms with Crippen molar-refractivity contribution in [2.45, 2.75) is 6.92 Å². The van der Waals surface area contributed by atoms with Crippen LogP contribution < -0.4 is 10.9 Å². The summed E-state index contributed by atoms with van der Waals surface area (Å²) in [7, 11) is 0. The summed E-state index contributed by atoms with van der Waals surface area (Å²) in [5.41, 5.74) is 4.78. The molecule has 0 aliphatic heterocycles. The normalized spacial score (nSPS) is 10.8. The van der Waals surface area contributed by atoms with Crippen LogP contribution in [0.5, 0.6) is 0 Å². The number of benzene rings is 2. The van der Waals surface area contributed by atoms with Crippen molar-refractivity contribution in [1.82, 2.24) is 20.2 Å². The predicted octanol–water partition coefficient (Wildman–Crippen LogP) is 3.43. The van der Waals surface area contributed by atoms with Gasteiger partial charge in [-0.25, -0.2) is 15.1 Å². The van der Waals surface area contributed by atoms with Gasteiger partial charge in [0.1, 0.15) is 0 Å². The molecule has 4 rings (SSSR count). The lowest BCUT2D eigenvalue weighted by atomic mass is 10.1. The predicted molar refractivity (Wildman–Crippen MR) is 97.9 cm³/mol. The molecule has 2 aromatic heterocycles. The number of anilines is 2. The Morgan fingerprint density at radius 2 is 1.72 bits per heavy atom. The van der Waals surface area contributed by atoms with Gasteiger partial charge < -0.3 is 5.32 Å². The van der Waals surface area contributed by atoms with E-state index in [2.05, 4.69) is 25.5 Å². The van der Waals surface area contributed by atoms with Gasteiger partial charge >= 0.3 is 0 Å². The number of hydrogen-bond donors (Lipinski definition) is 2. The van der Waals surface area contributed by atoms with Crippen molar-refractivity contribution in [2.75, 3.05) is 5.32 Å². The first kappa shape index (κ1) is 15.0. The van der Waals surface area contributed by atoms with Crippen molar-refractivity contribution in [3.63, 3.8) is 0 Å². The molecule has 0 aliphatic rings. The van der Waals surface area contributed by atoms with Crippen LogP contribution in [0.15, 0.2) is 65.5 Å². The Morgan fingerprint density at radius 1 is 0.920 bits per heavy atom. The number of nitrogens with zero attached hydrogens (tertiary/aromatic N) is 3. The molecule has 0 spiro atoms. The van der Waals surface area contributed by atoms with Crippen LogP contribution in [0.1, 0.15) is 5.69 Å². The SMILES string of the molecule is Cc1nc2ccccc2nc1Nc1cccc(-c2ccc(=O)[nH]n2)c1. The summed E-state index contributed by atoms with van der Waals surface area (Å²) in [6.45, 7) is 1.93. The van der Waals surface area contributed by atoms with Crippen LogP contribution in [0, 0.1) is 6.92 Å². The molecule has 2 heterocycles. The summed E-state index contributed by atoms with van der Waals surface area (Å²) in [4.78, 5) is 20.4. The van der Waals surface area contributed by atoms with Gasteiger partial charge in [-0.05, 0) is 37.3 Å². The molecule has 2 N–H and O–H groups in total. The summed E-state index contributed by atoms with van der Waals surface area (Å²) in [5, 5.41) is 9.82. The van der Waals surface area contributed by atoms with Gasteiger partial charge in [0.25, 0.3) is 5.56 Å². The highest BCUT2D eigenvalue weighted by Crippen LogP contribution is 2.24. The zero-order valence-electron chi connectivity index (χ0n) is 13.5. The molecule has 0 fully saturated rings. The average Bonchev–Trinajstić information content (AvgIpc) is 2.63. The van der Waals surface area contributed by atoms with Crippen LogP contribution in [0.4, 0.5) is 11.5 Å². The average molecular weight is 329 g/mol. The van der Waals surface area contributed by atoms with Gasteiger partial charge in [-0.15, -0.1) is 0 Å². The van der Waals surface area contributed by atoms with Crippen molar-refractivity contribution in [1.29, 1.82) is 0 Å². The van der Waals surface area contributed by atoms with Crippen LogP contribution in [0.25, 0.3) is 22.3 Å². The van der Waals surface area contributed by atoms with Crippen molar-refractivity contribution < 1.29 is 0 Å². The van der Waals surface area contributed by atoms with E-state index in [4.69, 9.17) is 0 Å². The summed E-state index contributed by atoms with van der Waals surface area (Å²) in [6.07, 6.45) is 0. The highest BCUT2D eigenvalue weighted by Gasteiger charge is 2.07. The number of H-pyrrole nitrogens is 1. The minimum atomic E-state index is -0.222. The minimum absolute atomic E-state index is 0.222. The summed E-state index contributed by atoms with van der Waals surface area (Å²) < 4.78 is 0. The van der Waals surface area contributed by atoms with Gasteiger partial charge in [0.05, 0.1) is 22.4 Å². The Bertz CT molecular complexity index is 1100. The van der Waals surface area contributed by atoms with E-state index in [1.165, 1.54) is 6.07 Å². The number of para-hydroxylation sites is 2. The van der Waals surface area contributed by atoms with Gasteiger partial charge in [0, 0.05) is 17.3 Å². The van der Waals surface area contributed by atoms with Gasteiger partial charge in [-0.3, -0.25) is 4.79 Å². The third-order valence-corrected chi connectivity index (χ3v) is 3.85. The lowest BCUT2D eigenvalue weighted by Crippen LogP contribution is -2.05. The molecule has 0 saturated carbocycles. The van der Waals surface area contributed by atoms with Crippen molar-refractivity contribution in [2.24, 2.45) is 0 Å². The van der Waals surface area contributed by atoms with Gasteiger partial charge in [-0.1, -0.05) is 24.3 Å². The van der Waals surface area contributed by atoms with Gasteiger partial charge in [0.2, 0.25) is 0 Å². The van der Waals surface area contributed by atoms with Crippen LogP contribution in [0.2, 0.25) is 0 Å². The van der Waals surface area contributed by atoms with E-state index in [0.29, 0.717) is 11.5 Å². The van der Waals surface area contributed by atoms with E-state index in [-0.39, 0.29) is 5.56 Å². The molecular weight excluding hydrogens is 314 g/mol. The first-order chi connectivity index (χ1) is 12.2. The molecule has 122 valence electrons. The summed E-state index contributed by atoms with van der Waals surface area (Å²) in [5.74, 6) is 0.713. The molecule has 6 nitrogen and oxygen atoms in total. The number of aryl methyl sites for hydroxylation is 1. The zero-order valence-corrected chi connectivity index (χ0v) is 13.5. The maximum Gasteiger partial charge on any atom is 0.264 e. The van der Waals surface area contributed by atoms with E-state index >= 15 is 0 Å². The van der Waals surface area contributed by atoms with Crippen LogP contribution >= 0.6 is 0 Å². The number of aromatic nitrogens is 4. The van der Waals surface area contributed by atoms with Crippen LogP contribution in [-0.2, 0) is 0 Å². The molecule has 0 unspecified atom stereocenters. The Morgan fingerprint density at radius 3 is 2.48 bits per heavy atom. The molecule has 4 aromatic rings. The fraction of sp³-hybridized carbons (Fsp3) is 0.0526. The fourth-order valence-electron chi connectivity index (χ4n) is 2.60. The molecule has 0 bridgehead atoms. The molecule has 0 saturated heterocycles. The smallest absolute Gasteiger partial charge is 0.264 e. The minimum Gasteiger partial charge on any atom is -0.339 e. The van der Waals surface area contributed by atoms with E-state index in [1.54, 1.807) is 6.07 Å². The maximum atomic E-state index is 11.2. The number of nitrogens with one attached hydrogen (secondary N) is 2. The highest BCUT2D eigenvalue weighted by atomic mass is 16.1. The van der Waals surface area contributed by atoms with Gasteiger partial charge in [0.15, 0.2) is 5.82 Å². The second kappa shape index (κ2) is 6.16. The first-order valence-corrected chi connectivity index (χ1v) is 7.86. The van der Waals surface area contributed by atoms with E-state index in [1.807, 2.05) is 55.5 Å². The second-order valence-electron chi connectivity index (χ2n) is 5.66. The fourth-order valence-corrected chi connectivity index (χ4v) is 2.60.